The second-order valence-electron chi connectivity index (χ2n) is 7.45. The number of nitrogens with zero attached hydrogens (tertiary/aromatic N) is 5. The lowest BCUT2D eigenvalue weighted by Crippen LogP contribution is -2.35. The molecule has 0 amide bonds. The molecule has 1 saturated heterocycles. The molecule has 1 aliphatic heterocycles. The normalized spacial score (nSPS) is 17.7. The summed E-state index contributed by atoms with van der Waals surface area (Å²) in [5, 5.41) is 4.16. The number of halogens is 3. The average molecular weight is 419 g/mol. The van der Waals surface area contributed by atoms with Gasteiger partial charge < -0.3 is 0 Å². The van der Waals surface area contributed by atoms with Gasteiger partial charge in [0.05, 0.1) is 23.1 Å². The number of likely N-dealkylation sites (tertiary alicyclic amines) is 1. The van der Waals surface area contributed by atoms with Crippen LogP contribution in [0.2, 0.25) is 0 Å². The van der Waals surface area contributed by atoms with E-state index in [1.54, 1.807) is 31.4 Å². The van der Waals surface area contributed by atoms with Crippen LogP contribution in [0.1, 0.15) is 30.3 Å². The van der Waals surface area contributed by atoms with Gasteiger partial charge in [0.15, 0.2) is 0 Å². The van der Waals surface area contributed by atoms with Crippen LogP contribution in [-0.4, -0.2) is 37.0 Å². The highest BCUT2D eigenvalue weighted by Crippen LogP contribution is 2.33. The molecule has 4 rings (SSSR count). The summed E-state index contributed by atoms with van der Waals surface area (Å²) in [6.07, 6.45) is -1.67. The predicted octanol–water partition coefficient (Wildman–Crippen LogP) is 2.39. The van der Waals surface area contributed by atoms with E-state index >= 15 is 0 Å². The number of benzene rings is 1. The largest absolute Gasteiger partial charge is 0.406 e. The quantitative estimate of drug-likeness (QED) is 0.649. The summed E-state index contributed by atoms with van der Waals surface area (Å²) in [5.41, 5.74) is 0.0737. The zero-order valence-corrected chi connectivity index (χ0v) is 16.3. The van der Waals surface area contributed by atoms with Crippen molar-refractivity contribution in [2.45, 2.75) is 38.1 Å². The Labute approximate surface area is 169 Å². The third-order valence-corrected chi connectivity index (χ3v) is 5.30. The van der Waals surface area contributed by atoms with E-state index in [1.165, 1.54) is 16.8 Å². The van der Waals surface area contributed by atoms with Crippen molar-refractivity contribution >= 4 is 10.9 Å². The molecular weight excluding hydrogens is 399 g/mol. The van der Waals surface area contributed by atoms with E-state index in [4.69, 9.17) is 0 Å². The van der Waals surface area contributed by atoms with Crippen molar-refractivity contribution in [1.82, 2.24) is 24.2 Å². The molecule has 158 valence electrons. The van der Waals surface area contributed by atoms with E-state index in [2.05, 4.69) is 10.1 Å². The fourth-order valence-electron chi connectivity index (χ4n) is 3.91. The highest BCUT2D eigenvalue weighted by atomic mass is 19.4. The summed E-state index contributed by atoms with van der Waals surface area (Å²) in [7, 11) is 1.54. The lowest BCUT2D eigenvalue weighted by molar-refractivity contribution is -0.142. The molecule has 7 nitrogen and oxygen atoms in total. The van der Waals surface area contributed by atoms with E-state index < -0.39 is 24.3 Å². The summed E-state index contributed by atoms with van der Waals surface area (Å²) < 4.78 is 41.8. The van der Waals surface area contributed by atoms with Crippen molar-refractivity contribution in [2.75, 3.05) is 6.54 Å². The van der Waals surface area contributed by atoms with E-state index in [9.17, 15) is 22.8 Å². The SMILES string of the molecule is Cn1ncc(CN2CCCC2c2nc3ccccc3c(=O)n2CC(F)(F)F)cc1=O. The molecule has 10 heteroatoms. The van der Waals surface area contributed by atoms with Gasteiger partial charge in [-0.05, 0) is 37.1 Å². The van der Waals surface area contributed by atoms with Gasteiger partial charge in [0, 0.05) is 19.7 Å². The second kappa shape index (κ2) is 7.67. The fourth-order valence-corrected chi connectivity index (χ4v) is 3.91. The summed E-state index contributed by atoms with van der Waals surface area (Å²) in [5.74, 6) is 0.102. The fraction of sp³-hybridized carbons (Fsp3) is 0.400. The van der Waals surface area contributed by atoms with Crippen LogP contribution in [0.15, 0.2) is 46.1 Å². The molecule has 1 aliphatic rings. The lowest BCUT2D eigenvalue weighted by atomic mass is 10.1. The van der Waals surface area contributed by atoms with Crippen molar-refractivity contribution in [3.05, 3.63) is 68.6 Å². The zero-order valence-electron chi connectivity index (χ0n) is 16.3. The summed E-state index contributed by atoms with van der Waals surface area (Å²) in [4.78, 5) is 31.2. The van der Waals surface area contributed by atoms with E-state index in [0.29, 0.717) is 30.6 Å². The molecule has 1 atom stereocenters. The first-order chi connectivity index (χ1) is 14.2. The third-order valence-electron chi connectivity index (χ3n) is 5.30. The molecule has 0 radical (unpaired) electrons. The van der Waals surface area contributed by atoms with Crippen molar-refractivity contribution in [1.29, 1.82) is 0 Å². The van der Waals surface area contributed by atoms with Crippen LogP contribution in [0, 0.1) is 0 Å². The average Bonchev–Trinajstić information content (AvgIpc) is 3.14. The van der Waals surface area contributed by atoms with Gasteiger partial charge in [-0.2, -0.15) is 18.3 Å². The highest BCUT2D eigenvalue weighted by Gasteiger charge is 2.35. The number of rotatable bonds is 4. The first-order valence-corrected chi connectivity index (χ1v) is 9.55. The number of hydrogen-bond donors (Lipinski definition) is 0. The highest BCUT2D eigenvalue weighted by molar-refractivity contribution is 5.77. The molecule has 3 aromatic rings. The van der Waals surface area contributed by atoms with Gasteiger partial charge >= 0.3 is 6.18 Å². The van der Waals surface area contributed by atoms with Gasteiger partial charge in [-0.25, -0.2) is 9.67 Å². The van der Waals surface area contributed by atoms with Gasteiger partial charge in [-0.3, -0.25) is 19.1 Å². The van der Waals surface area contributed by atoms with Crippen LogP contribution in [0.3, 0.4) is 0 Å². The Bertz CT molecular complexity index is 1200. The molecule has 1 fully saturated rings. The van der Waals surface area contributed by atoms with Crippen LogP contribution in [0.5, 0.6) is 0 Å². The number of para-hydroxylation sites is 1. The van der Waals surface area contributed by atoms with E-state index in [0.717, 1.165) is 11.0 Å². The number of fused-ring (bicyclic) bond motifs is 1. The lowest BCUT2D eigenvalue weighted by Gasteiger charge is -2.27. The van der Waals surface area contributed by atoms with Crippen LogP contribution in [0.25, 0.3) is 10.9 Å². The molecule has 0 spiro atoms. The molecule has 0 N–H and O–H groups in total. The van der Waals surface area contributed by atoms with E-state index in [-0.39, 0.29) is 16.8 Å². The molecule has 2 aromatic heterocycles. The minimum absolute atomic E-state index is 0.102. The Balaban J connectivity index is 1.78. The molecule has 0 saturated carbocycles. The first kappa shape index (κ1) is 20.3. The molecule has 0 bridgehead atoms. The summed E-state index contributed by atoms with van der Waals surface area (Å²) in [6.45, 7) is -0.437. The summed E-state index contributed by atoms with van der Waals surface area (Å²) >= 11 is 0. The topological polar surface area (TPSA) is 73.0 Å². The Kier molecular flexibility index (Phi) is 5.19. The Morgan fingerprint density at radius 2 is 1.97 bits per heavy atom. The van der Waals surface area contributed by atoms with E-state index in [1.807, 2.05) is 4.90 Å². The molecule has 3 heterocycles. The van der Waals surface area contributed by atoms with Crippen LogP contribution in [0.4, 0.5) is 13.2 Å². The second-order valence-corrected chi connectivity index (χ2v) is 7.45. The van der Waals surface area contributed by atoms with Gasteiger partial charge in [0.1, 0.15) is 12.4 Å². The van der Waals surface area contributed by atoms with Crippen molar-refractivity contribution in [3.63, 3.8) is 0 Å². The van der Waals surface area contributed by atoms with Gasteiger partial charge in [-0.15, -0.1) is 0 Å². The maximum atomic E-state index is 13.3. The monoisotopic (exact) mass is 419 g/mol. The van der Waals surface area contributed by atoms with Crippen LogP contribution >= 0.6 is 0 Å². The van der Waals surface area contributed by atoms with Crippen molar-refractivity contribution in [2.24, 2.45) is 7.05 Å². The predicted molar refractivity (Wildman–Crippen MR) is 104 cm³/mol. The van der Waals surface area contributed by atoms with Gasteiger partial charge in [-0.1, -0.05) is 12.1 Å². The van der Waals surface area contributed by atoms with Crippen molar-refractivity contribution in [3.8, 4) is 0 Å². The van der Waals surface area contributed by atoms with Crippen molar-refractivity contribution < 1.29 is 13.2 Å². The maximum Gasteiger partial charge on any atom is 0.406 e. The third kappa shape index (κ3) is 4.00. The van der Waals surface area contributed by atoms with Crippen LogP contribution in [-0.2, 0) is 20.1 Å². The minimum atomic E-state index is -4.55. The number of hydrogen-bond acceptors (Lipinski definition) is 5. The molecule has 1 aromatic carbocycles. The number of aryl methyl sites for hydroxylation is 1. The Hall–Kier alpha value is -3.01. The zero-order chi connectivity index (χ0) is 21.5. The molecule has 30 heavy (non-hydrogen) atoms. The molecular formula is C20H20F3N5O2. The minimum Gasteiger partial charge on any atom is -0.289 e. The molecule has 1 unspecified atom stereocenters. The first-order valence-electron chi connectivity index (χ1n) is 9.55. The Morgan fingerprint density at radius 1 is 1.20 bits per heavy atom. The number of aromatic nitrogens is 4. The standard InChI is InChI=1S/C20H20F3N5O2/c1-26-17(29)9-13(10-24-26)11-27-8-4-7-16(27)18-25-15-6-3-2-5-14(15)19(30)28(18)12-20(21,22)23/h2-3,5-6,9-10,16H,4,7-8,11-12H2,1H3. The van der Waals surface area contributed by atoms with Gasteiger partial charge in [0.25, 0.3) is 11.1 Å². The van der Waals surface area contributed by atoms with Crippen LogP contribution < -0.4 is 11.1 Å². The smallest absolute Gasteiger partial charge is 0.289 e. The molecule has 0 aliphatic carbocycles. The number of alkyl halides is 3. The van der Waals surface area contributed by atoms with Gasteiger partial charge in [0.2, 0.25) is 0 Å². The summed E-state index contributed by atoms with van der Waals surface area (Å²) in [6, 6.07) is 7.41. The maximum absolute atomic E-state index is 13.3. The Morgan fingerprint density at radius 3 is 2.70 bits per heavy atom.